The van der Waals surface area contributed by atoms with Crippen LogP contribution in [-0.4, -0.2) is 110 Å². The van der Waals surface area contributed by atoms with E-state index in [4.69, 9.17) is 14.9 Å². The molecule has 0 aliphatic carbocycles. The second-order valence-electron chi connectivity index (χ2n) is 11.5. The number of carbonyl (C=O) groups excluding carboxylic acids is 1. The van der Waals surface area contributed by atoms with E-state index in [-0.39, 0.29) is 43.5 Å². The molecule has 0 saturated carbocycles. The van der Waals surface area contributed by atoms with Crippen molar-refractivity contribution in [2.45, 2.75) is 49.5 Å². The van der Waals surface area contributed by atoms with Crippen molar-refractivity contribution in [3.63, 3.8) is 0 Å². The first-order valence-electron chi connectivity index (χ1n) is 15.0. The van der Waals surface area contributed by atoms with Crippen molar-refractivity contribution in [2.75, 3.05) is 44.7 Å². The number of piperidine rings is 2. The molecular weight excluding hydrogens is 602 g/mol. The minimum atomic E-state index is -3.49. The number of carbonyl (C=O) groups is 1. The Morgan fingerprint density at radius 2 is 1.85 bits per heavy atom. The van der Waals surface area contributed by atoms with Gasteiger partial charge in [0, 0.05) is 30.4 Å². The quantitative estimate of drug-likeness (QED) is 0.206. The monoisotopic (exact) mass is 638 g/mol. The van der Waals surface area contributed by atoms with Gasteiger partial charge in [-0.15, -0.1) is 0 Å². The van der Waals surface area contributed by atoms with Gasteiger partial charge < -0.3 is 35.4 Å². The normalized spacial score (nSPS) is 18.8. The fourth-order valence-corrected chi connectivity index (χ4v) is 5.91. The highest BCUT2D eigenvalue weighted by atomic mass is 19.3. The molecule has 0 bridgehead atoms. The average molecular weight is 639 g/mol. The zero-order chi connectivity index (χ0) is 32.8. The van der Waals surface area contributed by atoms with E-state index >= 15 is 0 Å². The molecule has 2 aromatic carbocycles. The number of nitriles is 1. The van der Waals surface area contributed by atoms with Gasteiger partial charge in [0.1, 0.15) is 11.8 Å². The summed E-state index contributed by atoms with van der Waals surface area (Å²) in [5, 5.41) is 50.1. The van der Waals surface area contributed by atoms with Crippen LogP contribution in [0.1, 0.15) is 36.3 Å². The van der Waals surface area contributed by atoms with Crippen molar-refractivity contribution in [3.05, 3.63) is 65.9 Å². The lowest BCUT2D eigenvalue weighted by Gasteiger charge is -2.38. The van der Waals surface area contributed by atoms with E-state index in [1.165, 1.54) is 12.1 Å². The predicted octanol–water partition coefficient (Wildman–Crippen LogP) is 2.22. The summed E-state index contributed by atoms with van der Waals surface area (Å²) in [4.78, 5) is 23.5. The standard InChI is InChI=1S/C32H36F2N6O6/c33-32(34)19-40(29(43)30(44)45)13-9-28(32)46-27-5-4-22(14-23(27)16-35)26-6-10-36-31(38-26)37-24-3-1-2-21(15-24)20-7-11-39(12-8-20)25(17-41)18-42/h1-6,10,14-15,20,25,28,30,41-42,44-45H,7-9,11-13,17-19H2,(H,36,37,38). The summed E-state index contributed by atoms with van der Waals surface area (Å²) in [6, 6.07) is 15.9. The summed E-state index contributed by atoms with van der Waals surface area (Å²) in [5.41, 5.74) is 3.01. The molecule has 2 aliphatic rings. The molecule has 5 rings (SSSR count). The summed E-state index contributed by atoms with van der Waals surface area (Å²) in [7, 11) is 0. The number of alkyl halides is 2. The number of likely N-dealkylation sites (tertiary alicyclic amines) is 2. The number of nitrogens with one attached hydrogen (secondary N) is 1. The third-order valence-electron chi connectivity index (χ3n) is 8.47. The number of aromatic nitrogens is 2. The van der Waals surface area contributed by atoms with Gasteiger partial charge in [0.25, 0.3) is 5.91 Å². The van der Waals surface area contributed by atoms with E-state index in [1.807, 2.05) is 24.3 Å². The summed E-state index contributed by atoms with van der Waals surface area (Å²) in [6.07, 6.45) is -0.899. The fraction of sp³-hybridized carbons (Fsp3) is 0.438. The van der Waals surface area contributed by atoms with E-state index in [0.717, 1.165) is 37.2 Å². The van der Waals surface area contributed by atoms with Crippen LogP contribution in [0.3, 0.4) is 0 Å². The van der Waals surface area contributed by atoms with Gasteiger partial charge in [0.05, 0.1) is 37.1 Å². The van der Waals surface area contributed by atoms with Crippen LogP contribution in [0.5, 0.6) is 5.75 Å². The molecule has 1 unspecified atom stereocenters. The van der Waals surface area contributed by atoms with E-state index < -0.39 is 30.8 Å². The van der Waals surface area contributed by atoms with Gasteiger partial charge in [-0.05, 0) is 73.8 Å². The number of aliphatic hydroxyl groups excluding tert-OH is 3. The Hall–Kier alpha value is -4.26. The molecule has 1 atom stereocenters. The molecule has 5 N–H and O–H groups in total. The minimum Gasteiger partial charge on any atom is -0.483 e. The van der Waals surface area contributed by atoms with Crippen LogP contribution in [-0.2, 0) is 4.79 Å². The molecule has 1 aromatic heterocycles. The molecule has 2 saturated heterocycles. The molecule has 3 heterocycles. The second-order valence-corrected chi connectivity index (χ2v) is 11.5. The van der Waals surface area contributed by atoms with Crippen molar-refractivity contribution in [2.24, 2.45) is 0 Å². The molecule has 14 heteroatoms. The van der Waals surface area contributed by atoms with E-state index in [9.17, 15) is 29.1 Å². The third-order valence-corrected chi connectivity index (χ3v) is 8.47. The Labute approximate surface area is 264 Å². The molecule has 1 amide bonds. The number of anilines is 2. The van der Waals surface area contributed by atoms with Gasteiger partial charge in [0.2, 0.25) is 12.2 Å². The molecule has 244 valence electrons. The first kappa shape index (κ1) is 33.1. The number of aliphatic hydroxyl groups is 4. The summed E-state index contributed by atoms with van der Waals surface area (Å²) >= 11 is 0. The van der Waals surface area contributed by atoms with Crippen molar-refractivity contribution in [3.8, 4) is 23.1 Å². The zero-order valence-electron chi connectivity index (χ0n) is 25.0. The third kappa shape index (κ3) is 7.57. The number of halogens is 2. The fourth-order valence-electron chi connectivity index (χ4n) is 5.91. The Balaban J connectivity index is 1.25. The van der Waals surface area contributed by atoms with Crippen LogP contribution in [0.2, 0.25) is 0 Å². The number of rotatable bonds is 10. The zero-order valence-corrected chi connectivity index (χ0v) is 25.0. The first-order valence-corrected chi connectivity index (χ1v) is 15.0. The Bertz CT molecular complexity index is 1560. The van der Waals surface area contributed by atoms with Gasteiger partial charge in [-0.25, -0.2) is 18.7 Å². The van der Waals surface area contributed by atoms with Crippen LogP contribution in [0.25, 0.3) is 11.3 Å². The Morgan fingerprint density at radius 1 is 1.09 bits per heavy atom. The highest BCUT2D eigenvalue weighted by Gasteiger charge is 2.48. The van der Waals surface area contributed by atoms with Gasteiger partial charge in [-0.3, -0.25) is 9.69 Å². The molecule has 2 fully saturated rings. The van der Waals surface area contributed by atoms with Crippen molar-refractivity contribution in [1.29, 1.82) is 5.26 Å². The number of benzene rings is 2. The van der Waals surface area contributed by atoms with Crippen molar-refractivity contribution < 1.29 is 38.7 Å². The molecule has 2 aliphatic heterocycles. The highest BCUT2D eigenvalue weighted by Crippen LogP contribution is 2.34. The maximum Gasteiger partial charge on any atom is 0.301 e. The topological polar surface area (TPSA) is 175 Å². The van der Waals surface area contributed by atoms with E-state index in [0.29, 0.717) is 28.0 Å². The highest BCUT2D eigenvalue weighted by molar-refractivity contribution is 5.79. The molecule has 0 radical (unpaired) electrons. The predicted molar refractivity (Wildman–Crippen MR) is 162 cm³/mol. The first-order chi connectivity index (χ1) is 22.1. The maximum absolute atomic E-state index is 14.8. The molecule has 12 nitrogen and oxygen atoms in total. The maximum atomic E-state index is 14.8. The molecular formula is C32H36F2N6O6. The SMILES string of the molecule is N#Cc1cc(-c2ccnc(Nc3cccc(C4CCN(C(CO)CO)CC4)c3)n2)ccc1OC1CCN(C(=O)C(O)O)CC1(F)F. The largest absolute Gasteiger partial charge is 0.483 e. The number of hydrogen-bond donors (Lipinski definition) is 5. The van der Waals surface area contributed by atoms with Gasteiger partial charge in [0.15, 0.2) is 6.10 Å². The van der Waals surface area contributed by atoms with Crippen molar-refractivity contribution in [1.82, 2.24) is 19.8 Å². The lowest BCUT2D eigenvalue weighted by molar-refractivity contribution is -0.179. The minimum absolute atomic E-state index is 0.0220. The van der Waals surface area contributed by atoms with Crippen LogP contribution in [0.15, 0.2) is 54.7 Å². The smallest absolute Gasteiger partial charge is 0.301 e. The van der Waals surface area contributed by atoms with Crippen LogP contribution in [0.4, 0.5) is 20.4 Å². The van der Waals surface area contributed by atoms with Crippen LogP contribution in [0, 0.1) is 11.3 Å². The Kier molecular flexibility index (Phi) is 10.4. The van der Waals surface area contributed by atoms with Gasteiger partial charge in [-0.1, -0.05) is 12.1 Å². The Morgan fingerprint density at radius 3 is 2.52 bits per heavy atom. The molecule has 46 heavy (non-hydrogen) atoms. The number of hydrogen-bond acceptors (Lipinski definition) is 11. The van der Waals surface area contributed by atoms with E-state index in [1.54, 1.807) is 18.3 Å². The van der Waals surface area contributed by atoms with Gasteiger partial charge in [-0.2, -0.15) is 5.26 Å². The molecule has 0 spiro atoms. The number of amides is 1. The summed E-state index contributed by atoms with van der Waals surface area (Å²) in [5.74, 6) is -4.09. The van der Waals surface area contributed by atoms with Gasteiger partial charge >= 0.3 is 5.92 Å². The lowest BCUT2D eigenvalue weighted by Crippen LogP contribution is -2.57. The summed E-state index contributed by atoms with van der Waals surface area (Å²) in [6.45, 7) is 0.223. The lowest BCUT2D eigenvalue weighted by atomic mass is 9.88. The van der Waals surface area contributed by atoms with Crippen molar-refractivity contribution >= 4 is 17.5 Å². The molecule has 3 aromatic rings. The van der Waals surface area contributed by atoms with Crippen LogP contribution >= 0.6 is 0 Å². The summed E-state index contributed by atoms with van der Waals surface area (Å²) < 4.78 is 35.2. The van der Waals surface area contributed by atoms with Crippen LogP contribution < -0.4 is 10.1 Å². The number of nitrogens with zero attached hydrogens (tertiary/aromatic N) is 5. The average Bonchev–Trinajstić information content (AvgIpc) is 3.06. The second kappa shape index (κ2) is 14.4. The number of ether oxygens (including phenoxy) is 1. The van der Waals surface area contributed by atoms with E-state index in [2.05, 4.69) is 26.3 Å².